The maximum Gasteiger partial charge on any atom is 0.416 e. The summed E-state index contributed by atoms with van der Waals surface area (Å²) in [6, 6.07) is 11.2. The molecule has 7 heteroatoms. The molecule has 168 valence electrons. The lowest BCUT2D eigenvalue weighted by atomic mass is 9.92. The van der Waals surface area contributed by atoms with Gasteiger partial charge in [0.2, 0.25) is 0 Å². The summed E-state index contributed by atoms with van der Waals surface area (Å²) in [5.74, 6) is -0.0137. The number of aryl methyl sites for hydroxylation is 1. The van der Waals surface area contributed by atoms with E-state index >= 15 is 0 Å². The van der Waals surface area contributed by atoms with Gasteiger partial charge in [0.1, 0.15) is 5.75 Å². The smallest absolute Gasteiger partial charge is 0.416 e. The first-order valence-corrected chi connectivity index (χ1v) is 10.4. The van der Waals surface area contributed by atoms with E-state index in [0.29, 0.717) is 26.0 Å². The lowest BCUT2D eigenvalue weighted by Crippen LogP contribution is -2.47. The number of carbonyl (C=O) groups is 1. The first kappa shape index (κ1) is 23.1. The van der Waals surface area contributed by atoms with Crippen LogP contribution in [-0.4, -0.2) is 34.7 Å². The number of carboxylic acids is 1. The monoisotopic (exact) mass is 435 g/mol. The standard InChI is InChI=1S/C24H28F3NO3/c1-23(2,15-22(29)30)28-12-11-18-14-21(10-7-19(18)16-28)31-13-3-4-17-5-8-20(9-6-17)24(25,26)27/h5-10,14H,3-4,11-13,15-16H2,1-2H3,(H,29,30). The molecule has 0 aromatic heterocycles. The maximum atomic E-state index is 12.6. The fraction of sp³-hybridized carbons (Fsp3) is 0.458. The van der Waals surface area contributed by atoms with E-state index in [1.54, 1.807) is 0 Å². The zero-order valence-corrected chi connectivity index (χ0v) is 17.8. The van der Waals surface area contributed by atoms with Gasteiger partial charge in [-0.3, -0.25) is 9.69 Å². The van der Waals surface area contributed by atoms with E-state index in [1.807, 2.05) is 32.0 Å². The minimum absolute atomic E-state index is 0.0997. The third kappa shape index (κ3) is 6.23. The van der Waals surface area contributed by atoms with Crippen LogP contribution >= 0.6 is 0 Å². The third-order valence-corrected chi connectivity index (χ3v) is 5.79. The molecular formula is C24H28F3NO3. The van der Waals surface area contributed by atoms with Gasteiger partial charge < -0.3 is 9.84 Å². The SMILES string of the molecule is CC(C)(CC(=O)O)N1CCc2cc(OCCCc3ccc(C(F)(F)F)cc3)ccc2C1. The highest BCUT2D eigenvalue weighted by molar-refractivity contribution is 5.68. The highest BCUT2D eigenvalue weighted by Gasteiger charge is 2.32. The summed E-state index contributed by atoms with van der Waals surface area (Å²) in [7, 11) is 0. The Kier molecular flexibility index (Phi) is 6.94. The molecular weight excluding hydrogens is 407 g/mol. The van der Waals surface area contributed by atoms with E-state index in [2.05, 4.69) is 4.90 Å². The summed E-state index contributed by atoms with van der Waals surface area (Å²) in [5, 5.41) is 9.14. The van der Waals surface area contributed by atoms with Crippen molar-refractivity contribution in [1.82, 2.24) is 4.90 Å². The molecule has 0 aliphatic carbocycles. The predicted molar refractivity (Wildman–Crippen MR) is 112 cm³/mol. The summed E-state index contributed by atoms with van der Waals surface area (Å²) in [5.41, 5.74) is 2.21. The van der Waals surface area contributed by atoms with E-state index in [-0.39, 0.29) is 6.42 Å². The number of ether oxygens (including phenoxy) is 1. The van der Waals surface area contributed by atoms with Crippen LogP contribution in [0.4, 0.5) is 13.2 Å². The minimum Gasteiger partial charge on any atom is -0.494 e. The average Bonchev–Trinajstić information content (AvgIpc) is 2.69. The van der Waals surface area contributed by atoms with Crippen LogP contribution in [0, 0.1) is 0 Å². The van der Waals surface area contributed by atoms with Crippen molar-refractivity contribution in [2.75, 3.05) is 13.2 Å². The molecule has 0 fully saturated rings. The van der Waals surface area contributed by atoms with Gasteiger partial charge in [0.15, 0.2) is 0 Å². The van der Waals surface area contributed by atoms with E-state index in [4.69, 9.17) is 9.84 Å². The van der Waals surface area contributed by atoms with Crippen LogP contribution in [0.3, 0.4) is 0 Å². The van der Waals surface area contributed by atoms with E-state index in [9.17, 15) is 18.0 Å². The van der Waals surface area contributed by atoms with Crippen molar-refractivity contribution >= 4 is 5.97 Å². The van der Waals surface area contributed by atoms with Crippen LogP contribution in [0.5, 0.6) is 5.75 Å². The number of fused-ring (bicyclic) bond motifs is 1. The molecule has 4 nitrogen and oxygen atoms in total. The largest absolute Gasteiger partial charge is 0.494 e. The van der Waals surface area contributed by atoms with E-state index in [0.717, 1.165) is 36.4 Å². The number of aliphatic carboxylic acids is 1. The van der Waals surface area contributed by atoms with Crippen molar-refractivity contribution in [3.8, 4) is 5.75 Å². The van der Waals surface area contributed by atoms with Crippen LogP contribution in [0.1, 0.15) is 48.9 Å². The number of alkyl halides is 3. The molecule has 1 N–H and O–H groups in total. The topological polar surface area (TPSA) is 49.8 Å². The summed E-state index contributed by atoms with van der Waals surface area (Å²) in [4.78, 5) is 13.3. The molecule has 0 saturated carbocycles. The summed E-state index contributed by atoms with van der Waals surface area (Å²) in [6.07, 6.45) is -2.02. The average molecular weight is 435 g/mol. The van der Waals surface area contributed by atoms with Gasteiger partial charge in [0.25, 0.3) is 0 Å². The molecule has 0 spiro atoms. The quantitative estimate of drug-likeness (QED) is 0.570. The van der Waals surface area contributed by atoms with Gasteiger partial charge in [-0.05, 0) is 74.1 Å². The van der Waals surface area contributed by atoms with Gasteiger partial charge >= 0.3 is 12.1 Å². The molecule has 2 aromatic carbocycles. The molecule has 3 rings (SSSR count). The number of rotatable bonds is 8. The number of hydrogen-bond acceptors (Lipinski definition) is 3. The molecule has 0 atom stereocenters. The normalized spacial score (nSPS) is 14.9. The zero-order chi connectivity index (χ0) is 22.6. The molecule has 0 unspecified atom stereocenters. The zero-order valence-electron chi connectivity index (χ0n) is 17.8. The molecule has 1 heterocycles. The van der Waals surface area contributed by atoms with Crippen LogP contribution in [0.2, 0.25) is 0 Å². The van der Waals surface area contributed by atoms with Crippen LogP contribution in [0.25, 0.3) is 0 Å². The van der Waals surface area contributed by atoms with E-state index in [1.165, 1.54) is 23.3 Å². The molecule has 31 heavy (non-hydrogen) atoms. The molecule has 1 aliphatic rings. The van der Waals surface area contributed by atoms with Gasteiger partial charge in [-0.2, -0.15) is 13.2 Å². The second-order valence-corrected chi connectivity index (χ2v) is 8.63. The first-order valence-electron chi connectivity index (χ1n) is 10.4. The minimum atomic E-state index is -4.31. The van der Waals surface area contributed by atoms with Crippen LogP contribution in [-0.2, 0) is 30.4 Å². The second-order valence-electron chi connectivity index (χ2n) is 8.63. The number of hydrogen-bond donors (Lipinski definition) is 1. The Morgan fingerprint density at radius 1 is 1.10 bits per heavy atom. The van der Waals surface area contributed by atoms with Crippen LogP contribution < -0.4 is 4.74 Å². The predicted octanol–water partition coefficient (Wildman–Crippen LogP) is 5.33. The van der Waals surface area contributed by atoms with Crippen molar-refractivity contribution in [1.29, 1.82) is 0 Å². The fourth-order valence-corrected chi connectivity index (χ4v) is 3.94. The van der Waals surface area contributed by atoms with Crippen molar-refractivity contribution in [3.05, 3.63) is 64.7 Å². The summed E-state index contributed by atoms with van der Waals surface area (Å²) in [6.45, 7) is 5.91. The Morgan fingerprint density at radius 2 is 1.81 bits per heavy atom. The Morgan fingerprint density at radius 3 is 2.45 bits per heavy atom. The second kappa shape index (κ2) is 9.30. The molecule has 0 radical (unpaired) electrons. The Hall–Kier alpha value is -2.54. The van der Waals surface area contributed by atoms with Crippen molar-refractivity contribution in [3.63, 3.8) is 0 Å². The van der Waals surface area contributed by atoms with Gasteiger partial charge in [-0.25, -0.2) is 0 Å². The van der Waals surface area contributed by atoms with Crippen molar-refractivity contribution in [2.45, 2.75) is 57.8 Å². The highest BCUT2D eigenvalue weighted by Crippen LogP contribution is 2.30. The van der Waals surface area contributed by atoms with Crippen molar-refractivity contribution < 1.29 is 27.8 Å². The Balaban J connectivity index is 1.49. The van der Waals surface area contributed by atoms with Crippen LogP contribution in [0.15, 0.2) is 42.5 Å². The Labute approximate surface area is 180 Å². The number of halogens is 3. The number of nitrogens with zero attached hydrogens (tertiary/aromatic N) is 1. The third-order valence-electron chi connectivity index (χ3n) is 5.79. The molecule has 0 amide bonds. The summed E-state index contributed by atoms with van der Waals surface area (Å²) < 4.78 is 43.7. The molecule has 1 aliphatic heterocycles. The first-order chi connectivity index (χ1) is 14.5. The number of benzene rings is 2. The maximum absolute atomic E-state index is 12.6. The van der Waals surface area contributed by atoms with Gasteiger partial charge in [-0.15, -0.1) is 0 Å². The molecule has 0 saturated heterocycles. The van der Waals surface area contributed by atoms with E-state index < -0.39 is 23.2 Å². The fourth-order valence-electron chi connectivity index (χ4n) is 3.94. The lowest BCUT2D eigenvalue weighted by molar-refractivity contribution is -0.140. The highest BCUT2D eigenvalue weighted by atomic mass is 19.4. The summed E-state index contributed by atoms with van der Waals surface area (Å²) >= 11 is 0. The molecule has 0 bridgehead atoms. The lowest BCUT2D eigenvalue weighted by Gasteiger charge is -2.40. The van der Waals surface area contributed by atoms with Gasteiger partial charge in [0, 0.05) is 18.6 Å². The van der Waals surface area contributed by atoms with Gasteiger partial charge in [0.05, 0.1) is 18.6 Å². The number of carboxylic acid groups (broad SMARTS) is 1. The van der Waals surface area contributed by atoms with Crippen molar-refractivity contribution in [2.24, 2.45) is 0 Å². The van der Waals surface area contributed by atoms with Gasteiger partial charge in [-0.1, -0.05) is 18.2 Å². The molecule has 2 aromatic rings. The Bertz CT molecular complexity index is 907.